The molecule has 0 radical (unpaired) electrons. The molecule has 0 aliphatic heterocycles. The summed E-state index contributed by atoms with van der Waals surface area (Å²) in [7, 11) is 1.70. The Labute approximate surface area is 85.1 Å². The van der Waals surface area contributed by atoms with Gasteiger partial charge in [0.15, 0.2) is 0 Å². The Bertz CT molecular complexity index is 212. The van der Waals surface area contributed by atoms with Crippen molar-refractivity contribution in [2.75, 3.05) is 13.7 Å². The van der Waals surface area contributed by atoms with E-state index in [0.717, 1.165) is 25.7 Å². The summed E-state index contributed by atoms with van der Waals surface area (Å²) in [6.45, 7) is 1.80. The summed E-state index contributed by atoms with van der Waals surface area (Å²) in [5, 5.41) is 8.95. The maximum absolute atomic E-state index is 12.0. The summed E-state index contributed by atoms with van der Waals surface area (Å²) in [5.41, 5.74) is 5.35. The lowest BCUT2D eigenvalue weighted by molar-refractivity contribution is -0.138. The molecule has 0 bridgehead atoms. The number of hydrogen-bond acceptors (Lipinski definition) is 3. The number of likely N-dealkylation sites (N-methyl/N-ethyl adjacent to an activating group) is 1. The molecule has 1 atom stereocenters. The minimum atomic E-state index is -0.668. The molecule has 1 rings (SSSR count). The predicted molar refractivity (Wildman–Crippen MR) is 54.7 cm³/mol. The fourth-order valence-corrected chi connectivity index (χ4v) is 1.89. The number of rotatable bonds is 3. The molecule has 14 heavy (non-hydrogen) atoms. The largest absolute Gasteiger partial charge is 0.394 e. The Kier molecular flexibility index (Phi) is 3.50. The van der Waals surface area contributed by atoms with Crippen LogP contribution in [0.25, 0.3) is 0 Å². The number of aliphatic hydroxyl groups excluding tert-OH is 1. The third-order valence-corrected chi connectivity index (χ3v) is 3.17. The van der Waals surface area contributed by atoms with Gasteiger partial charge in [0, 0.05) is 7.05 Å². The normalized spacial score (nSPS) is 22.0. The van der Waals surface area contributed by atoms with E-state index in [9.17, 15) is 4.79 Å². The van der Waals surface area contributed by atoms with Gasteiger partial charge >= 0.3 is 0 Å². The molecule has 4 nitrogen and oxygen atoms in total. The van der Waals surface area contributed by atoms with Crippen molar-refractivity contribution in [1.82, 2.24) is 4.90 Å². The molecule has 1 amide bonds. The zero-order chi connectivity index (χ0) is 10.8. The van der Waals surface area contributed by atoms with E-state index in [1.165, 1.54) is 0 Å². The molecular weight excluding hydrogens is 180 g/mol. The van der Waals surface area contributed by atoms with Crippen LogP contribution in [0.2, 0.25) is 0 Å². The minimum absolute atomic E-state index is 0.0156. The summed E-state index contributed by atoms with van der Waals surface area (Å²) < 4.78 is 0. The van der Waals surface area contributed by atoms with Crippen molar-refractivity contribution >= 4 is 5.91 Å². The lowest BCUT2D eigenvalue weighted by Gasteiger charge is -2.32. The number of carbonyl (C=O) groups excluding carboxylic acids is 1. The zero-order valence-corrected chi connectivity index (χ0v) is 8.99. The molecule has 0 aromatic carbocycles. The number of hydrogen-bond donors (Lipinski definition) is 2. The molecule has 0 spiro atoms. The van der Waals surface area contributed by atoms with Gasteiger partial charge in [-0.2, -0.15) is 0 Å². The van der Waals surface area contributed by atoms with Crippen molar-refractivity contribution in [1.29, 1.82) is 0 Å². The maximum Gasteiger partial charge on any atom is 0.242 e. The quantitative estimate of drug-likeness (QED) is 0.679. The third-order valence-electron chi connectivity index (χ3n) is 3.17. The molecule has 4 heteroatoms. The van der Waals surface area contributed by atoms with Crippen LogP contribution in [-0.4, -0.2) is 41.1 Å². The summed E-state index contributed by atoms with van der Waals surface area (Å²) in [5.74, 6) is -0.0310. The highest BCUT2D eigenvalue weighted by Crippen LogP contribution is 2.29. The molecule has 0 aromatic heterocycles. The van der Waals surface area contributed by atoms with Crippen LogP contribution >= 0.6 is 0 Å². The number of aliphatic hydroxyl groups is 1. The van der Waals surface area contributed by atoms with E-state index < -0.39 is 5.54 Å². The Balaban J connectivity index is 2.63. The Morgan fingerprint density at radius 1 is 1.57 bits per heavy atom. The van der Waals surface area contributed by atoms with Crippen LogP contribution in [0.15, 0.2) is 0 Å². The van der Waals surface area contributed by atoms with E-state index >= 15 is 0 Å². The van der Waals surface area contributed by atoms with E-state index in [0.29, 0.717) is 0 Å². The fourth-order valence-electron chi connectivity index (χ4n) is 1.89. The lowest BCUT2D eigenvalue weighted by Crippen LogP contribution is -2.55. The second-order valence-electron chi connectivity index (χ2n) is 4.31. The topological polar surface area (TPSA) is 66.6 Å². The van der Waals surface area contributed by atoms with E-state index in [1.807, 2.05) is 6.92 Å². The molecule has 1 saturated carbocycles. The minimum Gasteiger partial charge on any atom is -0.394 e. The van der Waals surface area contributed by atoms with Crippen molar-refractivity contribution < 1.29 is 9.90 Å². The molecular formula is C10H20N2O2. The second kappa shape index (κ2) is 4.28. The summed E-state index contributed by atoms with van der Waals surface area (Å²) >= 11 is 0. The van der Waals surface area contributed by atoms with Gasteiger partial charge in [-0.15, -0.1) is 0 Å². The first-order valence-corrected chi connectivity index (χ1v) is 5.18. The van der Waals surface area contributed by atoms with Crippen molar-refractivity contribution in [3.8, 4) is 0 Å². The molecule has 0 heterocycles. The third kappa shape index (κ3) is 2.07. The molecule has 0 aromatic rings. The van der Waals surface area contributed by atoms with Crippen molar-refractivity contribution in [3.63, 3.8) is 0 Å². The number of nitrogens with two attached hydrogens (primary N) is 1. The van der Waals surface area contributed by atoms with Gasteiger partial charge in [-0.3, -0.25) is 4.79 Å². The monoisotopic (exact) mass is 200 g/mol. The van der Waals surface area contributed by atoms with Crippen LogP contribution in [-0.2, 0) is 4.79 Å². The first-order chi connectivity index (χ1) is 6.51. The van der Waals surface area contributed by atoms with Crippen LogP contribution < -0.4 is 5.73 Å². The van der Waals surface area contributed by atoms with E-state index in [2.05, 4.69) is 0 Å². The van der Waals surface area contributed by atoms with Crippen LogP contribution in [0.3, 0.4) is 0 Å². The van der Waals surface area contributed by atoms with Gasteiger partial charge in [0.25, 0.3) is 0 Å². The van der Waals surface area contributed by atoms with Crippen LogP contribution in [0.4, 0.5) is 0 Å². The molecule has 1 aliphatic carbocycles. The first-order valence-electron chi connectivity index (χ1n) is 5.18. The second-order valence-corrected chi connectivity index (χ2v) is 4.31. The van der Waals surface area contributed by atoms with Crippen molar-refractivity contribution in [2.24, 2.45) is 5.73 Å². The number of amides is 1. The zero-order valence-electron chi connectivity index (χ0n) is 8.99. The van der Waals surface area contributed by atoms with Gasteiger partial charge in [0.2, 0.25) is 5.91 Å². The summed E-state index contributed by atoms with van der Waals surface area (Å²) in [6.07, 6.45) is 3.61. The highest BCUT2D eigenvalue weighted by atomic mass is 16.3. The summed E-state index contributed by atoms with van der Waals surface area (Å²) in [6, 6.07) is -0.150. The first kappa shape index (κ1) is 11.5. The highest BCUT2D eigenvalue weighted by Gasteiger charge is 2.39. The SMILES string of the molecule is CC(CO)N(C)C(=O)C1(N)CCCC1. The molecule has 0 saturated heterocycles. The van der Waals surface area contributed by atoms with Crippen molar-refractivity contribution in [3.05, 3.63) is 0 Å². The smallest absolute Gasteiger partial charge is 0.242 e. The van der Waals surface area contributed by atoms with Gasteiger partial charge < -0.3 is 15.7 Å². The molecule has 3 N–H and O–H groups in total. The average Bonchev–Trinajstić information content (AvgIpc) is 2.63. The van der Waals surface area contributed by atoms with E-state index in [4.69, 9.17) is 10.8 Å². The average molecular weight is 200 g/mol. The molecule has 82 valence electrons. The van der Waals surface area contributed by atoms with Gasteiger partial charge in [0.05, 0.1) is 18.2 Å². The highest BCUT2D eigenvalue weighted by molar-refractivity contribution is 5.86. The Morgan fingerprint density at radius 2 is 2.07 bits per heavy atom. The molecule has 1 unspecified atom stereocenters. The van der Waals surface area contributed by atoms with Gasteiger partial charge in [-0.25, -0.2) is 0 Å². The van der Waals surface area contributed by atoms with Gasteiger partial charge in [-0.05, 0) is 19.8 Å². The number of nitrogens with zero attached hydrogens (tertiary/aromatic N) is 1. The Morgan fingerprint density at radius 3 is 2.50 bits per heavy atom. The lowest BCUT2D eigenvalue weighted by atomic mass is 9.97. The van der Waals surface area contributed by atoms with Gasteiger partial charge in [0.1, 0.15) is 0 Å². The Hall–Kier alpha value is -0.610. The van der Waals surface area contributed by atoms with Crippen molar-refractivity contribution in [2.45, 2.75) is 44.2 Å². The molecule has 1 fully saturated rings. The van der Waals surface area contributed by atoms with Crippen LogP contribution in [0.5, 0.6) is 0 Å². The van der Waals surface area contributed by atoms with Crippen LogP contribution in [0.1, 0.15) is 32.6 Å². The summed E-state index contributed by atoms with van der Waals surface area (Å²) in [4.78, 5) is 13.5. The standard InChI is InChI=1S/C10H20N2O2/c1-8(7-13)12(2)9(14)10(11)5-3-4-6-10/h8,13H,3-7,11H2,1-2H3. The predicted octanol–water partition coefficient (Wildman–Crippen LogP) is 0.0971. The maximum atomic E-state index is 12.0. The molecule has 1 aliphatic rings. The van der Waals surface area contributed by atoms with E-state index in [-0.39, 0.29) is 18.6 Å². The van der Waals surface area contributed by atoms with Crippen LogP contribution in [0, 0.1) is 0 Å². The fraction of sp³-hybridized carbons (Fsp3) is 0.900. The van der Waals surface area contributed by atoms with E-state index in [1.54, 1.807) is 11.9 Å². The van der Waals surface area contributed by atoms with Gasteiger partial charge in [-0.1, -0.05) is 12.8 Å². The number of carbonyl (C=O) groups is 1.